The van der Waals surface area contributed by atoms with Crippen molar-refractivity contribution >= 4 is 13.8 Å². The maximum atomic E-state index is 10.7. The second-order valence-electron chi connectivity index (χ2n) is 3.67. The third-order valence-electron chi connectivity index (χ3n) is 2.20. The van der Waals surface area contributed by atoms with Gasteiger partial charge in [-0.25, -0.2) is 9.36 Å². The van der Waals surface area contributed by atoms with Crippen LogP contribution in [-0.2, 0) is 13.9 Å². The first kappa shape index (κ1) is 14.3. The number of aliphatic hydroxyl groups is 2. The lowest BCUT2D eigenvalue weighted by Gasteiger charge is -2.36. The second-order valence-corrected chi connectivity index (χ2v) is 4.86. The van der Waals surface area contributed by atoms with Gasteiger partial charge in [0.25, 0.3) is 0 Å². The van der Waals surface area contributed by atoms with E-state index in [0.29, 0.717) is 0 Å². The molecule has 7 N–H and O–H groups in total. The van der Waals surface area contributed by atoms with Gasteiger partial charge in [-0.3, -0.25) is 4.52 Å². The number of nitrogens with two attached hydrogens (primary N) is 1. The number of phosphoric acid groups is 1. The van der Waals surface area contributed by atoms with Crippen molar-refractivity contribution in [1.29, 1.82) is 0 Å². The van der Waals surface area contributed by atoms with E-state index in [-0.39, 0.29) is 0 Å². The highest BCUT2D eigenvalue weighted by Crippen LogP contribution is 2.41. The van der Waals surface area contributed by atoms with Crippen LogP contribution in [0.3, 0.4) is 0 Å². The summed E-state index contributed by atoms with van der Waals surface area (Å²) in [5.41, 5.74) is 2.49. The van der Waals surface area contributed by atoms with Gasteiger partial charge in [0, 0.05) is 12.0 Å². The lowest BCUT2D eigenvalue weighted by atomic mass is 9.87. The third kappa shape index (κ3) is 3.58. The summed E-state index contributed by atoms with van der Waals surface area (Å²) < 4.78 is 14.7. The van der Waals surface area contributed by atoms with Crippen molar-refractivity contribution < 1.29 is 39.0 Å². The van der Waals surface area contributed by atoms with Crippen molar-refractivity contribution in [3.8, 4) is 0 Å². The van der Waals surface area contributed by atoms with Crippen LogP contribution in [0.15, 0.2) is 11.6 Å². The molecule has 0 heterocycles. The Morgan fingerprint density at radius 3 is 2.53 bits per heavy atom. The van der Waals surface area contributed by atoms with Crippen LogP contribution in [0.5, 0.6) is 0 Å². The van der Waals surface area contributed by atoms with Gasteiger partial charge in [-0.1, -0.05) is 0 Å². The van der Waals surface area contributed by atoms with Crippen molar-refractivity contribution in [2.75, 3.05) is 0 Å². The van der Waals surface area contributed by atoms with Crippen LogP contribution < -0.4 is 5.73 Å². The van der Waals surface area contributed by atoms with Crippen LogP contribution in [-0.4, -0.2) is 49.0 Å². The Morgan fingerprint density at radius 2 is 2.12 bits per heavy atom. The molecule has 0 saturated heterocycles. The topological polar surface area (TPSA) is 171 Å². The number of hydrogen-bond donors (Lipinski definition) is 6. The molecule has 17 heavy (non-hydrogen) atoms. The van der Waals surface area contributed by atoms with Gasteiger partial charge >= 0.3 is 13.8 Å². The van der Waals surface area contributed by atoms with E-state index in [1.54, 1.807) is 0 Å². The van der Waals surface area contributed by atoms with Crippen LogP contribution in [0.25, 0.3) is 0 Å². The number of carboxylic acids is 1. The van der Waals surface area contributed by atoms with E-state index in [1.807, 2.05) is 0 Å². The zero-order chi connectivity index (χ0) is 13.4. The van der Waals surface area contributed by atoms with Crippen LogP contribution in [0, 0.1) is 0 Å². The van der Waals surface area contributed by atoms with E-state index in [0.717, 1.165) is 6.08 Å². The molecule has 0 saturated carbocycles. The Hall–Kier alpha value is -0.800. The molecule has 98 valence electrons. The van der Waals surface area contributed by atoms with E-state index in [1.165, 1.54) is 0 Å². The van der Waals surface area contributed by atoms with Gasteiger partial charge in [0.05, 0.1) is 0 Å². The Kier molecular flexibility index (Phi) is 3.75. The molecule has 3 atom stereocenters. The largest absolute Gasteiger partial charge is 0.478 e. The fourth-order valence-corrected chi connectivity index (χ4v) is 1.93. The van der Waals surface area contributed by atoms with Crippen LogP contribution in [0.4, 0.5) is 0 Å². The lowest BCUT2D eigenvalue weighted by Crippen LogP contribution is -2.58. The minimum Gasteiger partial charge on any atom is -0.478 e. The highest BCUT2D eigenvalue weighted by molar-refractivity contribution is 7.46. The first-order chi connectivity index (χ1) is 7.53. The summed E-state index contributed by atoms with van der Waals surface area (Å²) in [6, 6.07) is 0. The van der Waals surface area contributed by atoms with Crippen molar-refractivity contribution in [2.24, 2.45) is 5.73 Å². The number of hydrogen-bond acceptors (Lipinski definition) is 6. The fourth-order valence-electron chi connectivity index (χ4n) is 1.44. The molecular formula is C7H12NO8P. The minimum absolute atomic E-state index is 0.404. The lowest BCUT2D eigenvalue weighted by molar-refractivity contribution is -0.139. The first-order valence-corrected chi connectivity index (χ1v) is 5.93. The Morgan fingerprint density at radius 1 is 1.59 bits per heavy atom. The molecule has 0 spiro atoms. The summed E-state index contributed by atoms with van der Waals surface area (Å²) in [6.45, 7) is 0. The second kappa shape index (κ2) is 4.46. The number of aliphatic carboxylic acids is 1. The number of aliphatic hydroxyl groups excluding tert-OH is 1. The van der Waals surface area contributed by atoms with Crippen molar-refractivity contribution in [3.05, 3.63) is 11.6 Å². The minimum atomic E-state index is -4.95. The summed E-state index contributed by atoms with van der Waals surface area (Å²) in [7, 11) is -4.95. The molecule has 0 aromatic heterocycles. The van der Waals surface area contributed by atoms with Crippen LogP contribution in [0.2, 0.25) is 0 Å². The molecule has 0 fully saturated rings. The third-order valence-corrected chi connectivity index (χ3v) is 2.71. The van der Waals surface area contributed by atoms with Gasteiger partial charge in [0.15, 0.2) is 0 Å². The molecule has 0 amide bonds. The monoisotopic (exact) mass is 269 g/mol. The van der Waals surface area contributed by atoms with Crippen molar-refractivity contribution in [3.63, 3.8) is 0 Å². The molecule has 0 aromatic carbocycles. The smallest absolute Gasteiger partial charge is 0.470 e. The molecule has 1 rings (SSSR count). The first-order valence-electron chi connectivity index (χ1n) is 4.40. The number of carbonyl (C=O) groups is 1. The number of carboxylic acid groups (broad SMARTS) is 1. The molecule has 0 aliphatic heterocycles. The summed E-state index contributed by atoms with van der Waals surface area (Å²) in [5.74, 6) is -1.43. The SMILES string of the molecule is NC1(O)CC(C(=O)O)=CC(OP(=O)(O)O)C1O. The van der Waals surface area contributed by atoms with Gasteiger partial charge in [-0.2, -0.15) is 0 Å². The average molecular weight is 269 g/mol. The molecule has 10 heteroatoms. The maximum Gasteiger partial charge on any atom is 0.470 e. The van der Waals surface area contributed by atoms with E-state index < -0.39 is 43.7 Å². The molecule has 0 radical (unpaired) electrons. The predicted molar refractivity (Wildman–Crippen MR) is 52.4 cm³/mol. The highest BCUT2D eigenvalue weighted by Gasteiger charge is 2.45. The summed E-state index contributed by atoms with van der Waals surface area (Å²) in [5, 5.41) is 27.7. The van der Waals surface area contributed by atoms with E-state index in [4.69, 9.17) is 20.6 Å². The summed E-state index contributed by atoms with van der Waals surface area (Å²) in [6.07, 6.45) is -3.32. The predicted octanol–water partition coefficient (Wildman–Crippen LogP) is -2.11. The van der Waals surface area contributed by atoms with Crippen molar-refractivity contribution in [2.45, 2.75) is 24.4 Å². The summed E-state index contributed by atoms with van der Waals surface area (Å²) >= 11 is 0. The van der Waals surface area contributed by atoms with Crippen molar-refractivity contribution in [1.82, 2.24) is 0 Å². The molecule has 0 aromatic rings. The van der Waals surface area contributed by atoms with Gasteiger partial charge in [0.1, 0.15) is 17.9 Å². The molecule has 1 aliphatic rings. The quantitative estimate of drug-likeness (QED) is 0.247. The van der Waals surface area contributed by atoms with Crippen LogP contribution in [0.1, 0.15) is 6.42 Å². The molecule has 1 aliphatic carbocycles. The Labute approximate surface area is 95.4 Å². The highest BCUT2D eigenvalue weighted by atomic mass is 31.2. The van der Waals surface area contributed by atoms with E-state index in [9.17, 15) is 19.6 Å². The zero-order valence-electron chi connectivity index (χ0n) is 8.42. The number of phosphoric ester groups is 1. The van der Waals surface area contributed by atoms with Gasteiger partial charge in [0.2, 0.25) is 0 Å². The fraction of sp³-hybridized carbons (Fsp3) is 0.571. The molecule has 9 nitrogen and oxygen atoms in total. The Balaban J connectivity index is 3.05. The Bertz CT molecular complexity index is 399. The average Bonchev–Trinajstić information content (AvgIpc) is 2.09. The zero-order valence-corrected chi connectivity index (χ0v) is 9.32. The molecule has 3 unspecified atom stereocenters. The summed E-state index contributed by atoms with van der Waals surface area (Å²) in [4.78, 5) is 27.8. The molecule has 0 bridgehead atoms. The maximum absolute atomic E-state index is 10.7. The van der Waals surface area contributed by atoms with E-state index in [2.05, 4.69) is 4.52 Å². The van der Waals surface area contributed by atoms with Crippen LogP contribution >= 0.6 is 7.82 Å². The normalized spacial score (nSPS) is 34.3. The van der Waals surface area contributed by atoms with Gasteiger partial charge in [-0.05, 0) is 6.08 Å². The van der Waals surface area contributed by atoms with Gasteiger partial charge in [-0.15, -0.1) is 0 Å². The van der Waals surface area contributed by atoms with E-state index >= 15 is 0 Å². The molecular weight excluding hydrogens is 257 g/mol. The van der Waals surface area contributed by atoms with Gasteiger partial charge < -0.3 is 30.8 Å². The standard InChI is InChI=1S/C7H12NO8P/c8-7(12)2-3(6(10)11)1-4(5(7)9)16-17(13,14)15/h1,4-5,9,12H,2,8H2,(H,10,11)(H2,13,14,15). The number of rotatable bonds is 3.